The summed E-state index contributed by atoms with van der Waals surface area (Å²) in [5.74, 6) is -0.108. The number of aryl methyl sites for hydroxylation is 4. The van der Waals surface area contributed by atoms with Gasteiger partial charge < -0.3 is 5.32 Å². The first-order chi connectivity index (χ1) is 13.4. The zero-order valence-corrected chi connectivity index (χ0v) is 17.3. The van der Waals surface area contributed by atoms with E-state index < -0.39 is 0 Å². The lowest BCUT2D eigenvalue weighted by Gasteiger charge is -2.14. The summed E-state index contributed by atoms with van der Waals surface area (Å²) in [5, 5.41) is 4.00. The highest BCUT2D eigenvalue weighted by atomic mass is 32.1. The van der Waals surface area contributed by atoms with Crippen molar-refractivity contribution >= 4 is 33.8 Å². The fourth-order valence-electron chi connectivity index (χ4n) is 3.62. The third kappa shape index (κ3) is 3.43. The SMILES string of the molecule is Cc1cc(C)c(NC(=O)c2cc(-c3ccc(C)s3)nc3ccccc23)c(C)c1. The largest absolute Gasteiger partial charge is 0.321 e. The lowest BCUT2D eigenvalue weighted by molar-refractivity contribution is 0.102. The van der Waals surface area contributed by atoms with Crippen molar-refractivity contribution in [2.45, 2.75) is 27.7 Å². The Morgan fingerprint density at radius 2 is 1.64 bits per heavy atom. The standard InChI is InChI=1S/C24H22N2OS/c1-14-11-15(2)23(16(3)12-14)26-24(27)19-13-21(22-10-9-17(4)28-22)25-20-8-6-5-7-18(19)20/h5-13H,1-4H3,(H,26,27). The van der Waals surface area contributed by atoms with Gasteiger partial charge >= 0.3 is 0 Å². The third-order valence-corrected chi connectivity index (χ3v) is 5.89. The molecule has 0 aliphatic heterocycles. The summed E-state index contributed by atoms with van der Waals surface area (Å²) in [5.41, 5.74) is 6.51. The number of carbonyl (C=O) groups excluding carboxylic acids is 1. The monoisotopic (exact) mass is 386 g/mol. The van der Waals surface area contributed by atoms with Crippen LogP contribution >= 0.6 is 11.3 Å². The molecular formula is C24H22N2OS. The van der Waals surface area contributed by atoms with Crippen LogP contribution in [-0.4, -0.2) is 10.9 Å². The van der Waals surface area contributed by atoms with Gasteiger partial charge in [-0.15, -0.1) is 11.3 Å². The Bertz CT molecular complexity index is 1180. The van der Waals surface area contributed by atoms with Crippen LogP contribution in [-0.2, 0) is 0 Å². The molecule has 0 aliphatic carbocycles. The maximum absolute atomic E-state index is 13.3. The molecule has 4 aromatic rings. The number of fused-ring (bicyclic) bond motifs is 1. The van der Waals surface area contributed by atoms with Crippen molar-refractivity contribution < 1.29 is 4.79 Å². The van der Waals surface area contributed by atoms with Gasteiger partial charge in [0.15, 0.2) is 0 Å². The Morgan fingerprint density at radius 3 is 2.32 bits per heavy atom. The van der Waals surface area contributed by atoms with E-state index in [9.17, 15) is 4.79 Å². The van der Waals surface area contributed by atoms with Crippen LogP contribution in [0.5, 0.6) is 0 Å². The molecule has 0 bridgehead atoms. The van der Waals surface area contributed by atoms with Gasteiger partial charge in [-0.2, -0.15) is 0 Å². The highest BCUT2D eigenvalue weighted by molar-refractivity contribution is 7.15. The number of pyridine rings is 1. The smallest absolute Gasteiger partial charge is 0.256 e. The Labute approximate surface area is 169 Å². The maximum atomic E-state index is 13.3. The molecule has 2 heterocycles. The van der Waals surface area contributed by atoms with Crippen LogP contribution in [0.1, 0.15) is 31.9 Å². The normalized spacial score (nSPS) is 11.0. The topological polar surface area (TPSA) is 42.0 Å². The second kappa shape index (κ2) is 7.21. The number of carbonyl (C=O) groups is 1. The van der Waals surface area contributed by atoms with Crippen LogP contribution in [0.3, 0.4) is 0 Å². The minimum Gasteiger partial charge on any atom is -0.321 e. The summed E-state index contributed by atoms with van der Waals surface area (Å²) in [7, 11) is 0. The second-order valence-electron chi connectivity index (χ2n) is 7.21. The highest BCUT2D eigenvalue weighted by Crippen LogP contribution is 2.31. The van der Waals surface area contributed by atoms with Crippen molar-refractivity contribution in [3.05, 3.63) is 81.7 Å². The van der Waals surface area contributed by atoms with E-state index in [-0.39, 0.29) is 5.91 Å². The number of nitrogens with zero attached hydrogens (tertiary/aromatic N) is 1. The molecule has 28 heavy (non-hydrogen) atoms. The number of hydrogen-bond acceptors (Lipinski definition) is 3. The van der Waals surface area contributed by atoms with E-state index in [1.54, 1.807) is 11.3 Å². The third-order valence-electron chi connectivity index (χ3n) is 4.87. The van der Waals surface area contributed by atoms with Crippen LogP contribution in [0.15, 0.2) is 54.6 Å². The van der Waals surface area contributed by atoms with Crippen molar-refractivity contribution in [1.29, 1.82) is 0 Å². The predicted octanol–water partition coefficient (Wildman–Crippen LogP) is 6.45. The minimum atomic E-state index is -0.108. The maximum Gasteiger partial charge on any atom is 0.256 e. The molecule has 0 saturated carbocycles. The number of benzene rings is 2. The van der Waals surface area contributed by atoms with Gasteiger partial charge in [0.25, 0.3) is 5.91 Å². The zero-order chi connectivity index (χ0) is 19.8. The molecule has 2 aromatic carbocycles. The van der Waals surface area contributed by atoms with E-state index in [0.717, 1.165) is 38.3 Å². The van der Waals surface area contributed by atoms with Crippen LogP contribution in [0.4, 0.5) is 5.69 Å². The first-order valence-corrected chi connectivity index (χ1v) is 10.1. The molecule has 0 fully saturated rings. The Balaban J connectivity index is 1.82. The molecule has 140 valence electrons. The molecule has 0 atom stereocenters. The number of aromatic nitrogens is 1. The van der Waals surface area contributed by atoms with Crippen LogP contribution in [0, 0.1) is 27.7 Å². The molecule has 1 N–H and O–H groups in total. The quantitative estimate of drug-likeness (QED) is 0.440. The number of rotatable bonds is 3. The number of thiophene rings is 1. The van der Waals surface area contributed by atoms with E-state index in [0.29, 0.717) is 5.56 Å². The zero-order valence-electron chi connectivity index (χ0n) is 16.5. The van der Waals surface area contributed by atoms with E-state index >= 15 is 0 Å². The first-order valence-electron chi connectivity index (χ1n) is 9.28. The van der Waals surface area contributed by atoms with Crippen LogP contribution < -0.4 is 5.32 Å². The molecular weight excluding hydrogens is 364 g/mol. The molecule has 4 rings (SSSR count). The summed E-state index contributed by atoms with van der Waals surface area (Å²) >= 11 is 1.69. The minimum absolute atomic E-state index is 0.108. The summed E-state index contributed by atoms with van der Waals surface area (Å²) in [6.45, 7) is 8.20. The van der Waals surface area contributed by atoms with Crippen molar-refractivity contribution in [2.75, 3.05) is 5.32 Å². The Hall–Kier alpha value is -2.98. The van der Waals surface area contributed by atoms with Gasteiger partial charge in [0.2, 0.25) is 0 Å². The average molecular weight is 387 g/mol. The van der Waals surface area contributed by atoms with Crippen LogP contribution in [0.25, 0.3) is 21.5 Å². The predicted molar refractivity (Wildman–Crippen MR) is 118 cm³/mol. The van der Waals surface area contributed by atoms with Gasteiger partial charge in [-0.1, -0.05) is 35.9 Å². The second-order valence-corrected chi connectivity index (χ2v) is 8.50. The van der Waals surface area contributed by atoms with Crippen molar-refractivity contribution in [2.24, 2.45) is 0 Å². The average Bonchev–Trinajstić information content (AvgIpc) is 3.10. The van der Waals surface area contributed by atoms with Crippen molar-refractivity contribution in [1.82, 2.24) is 4.98 Å². The first kappa shape index (κ1) is 18.4. The number of anilines is 1. The molecule has 4 heteroatoms. The van der Waals surface area contributed by atoms with E-state index in [1.165, 1.54) is 10.4 Å². The van der Waals surface area contributed by atoms with Crippen molar-refractivity contribution in [3.8, 4) is 10.6 Å². The molecule has 3 nitrogen and oxygen atoms in total. The van der Waals surface area contributed by atoms with Gasteiger partial charge in [0.05, 0.1) is 21.7 Å². The van der Waals surface area contributed by atoms with Gasteiger partial charge in [-0.25, -0.2) is 4.98 Å². The van der Waals surface area contributed by atoms with Crippen LogP contribution in [0.2, 0.25) is 0 Å². The van der Waals surface area contributed by atoms with Gasteiger partial charge in [0, 0.05) is 16.0 Å². The molecule has 2 aromatic heterocycles. The molecule has 0 unspecified atom stereocenters. The van der Waals surface area contributed by atoms with Crippen molar-refractivity contribution in [3.63, 3.8) is 0 Å². The molecule has 1 amide bonds. The lowest BCUT2D eigenvalue weighted by Crippen LogP contribution is -2.15. The number of amides is 1. The number of nitrogens with one attached hydrogen (secondary N) is 1. The summed E-state index contributed by atoms with van der Waals surface area (Å²) < 4.78 is 0. The van der Waals surface area contributed by atoms with Gasteiger partial charge in [0.1, 0.15) is 0 Å². The fourth-order valence-corrected chi connectivity index (χ4v) is 4.45. The summed E-state index contributed by atoms with van der Waals surface area (Å²) in [4.78, 5) is 20.4. The van der Waals surface area contributed by atoms with Gasteiger partial charge in [-0.05, 0) is 63.1 Å². The Kier molecular flexibility index (Phi) is 4.73. The molecule has 0 saturated heterocycles. The molecule has 0 aliphatic rings. The van der Waals surface area contributed by atoms with E-state index in [2.05, 4.69) is 43.4 Å². The van der Waals surface area contributed by atoms with E-state index in [1.807, 2.05) is 44.2 Å². The summed E-state index contributed by atoms with van der Waals surface area (Å²) in [6.07, 6.45) is 0. The molecule has 0 spiro atoms. The number of hydrogen-bond donors (Lipinski definition) is 1. The molecule has 0 radical (unpaired) electrons. The van der Waals surface area contributed by atoms with Gasteiger partial charge in [-0.3, -0.25) is 4.79 Å². The highest BCUT2D eigenvalue weighted by Gasteiger charge is 2.16. The number of para-hydroxylation sites is 1. The summed E-state index contributed by atoms with van der Waals surface area (Å²) in [6, 6.07) is 18.0. The Morgan fingerprint density at radius 1 is 0.929 bits per heavy atom. The lowest BCUT2D eigenvalue weighted by atomic mass is 10.0. The fraction of sp³-hybridized carbons (Fsp3) is 0.167. The van der Waals surface area contributed by atoms with E-state index in [4.69, 9.17) is 4.98 Å².